The summed E-state index contributed by atoms with van der Waals surface area (Å²) in [5.74, 6) is 0.215. The van der Waals surface area contributed by atoms with Gasteiger partial charge in [0.2, 0.25) is 0 Å². The van der Waals surface area contributed by atoms with E-state index in [2.05, 4.69) is 5.32 Å². The highest BCUT2D eigenvalue weighted by Gasteiger charge is 2.26. The SMILES string of the molecule is CC(CNC(C)(C)C)COCCC(F)(F)F. The molecular weight excluding hydrogens is 219 g/mol. The summed E-state index contributed by atoms with van der Waals surface area (Å²) >= 11 is 0. The number of halogens is 3. The molecule has 98 valence electrons. The Morgan fingerprint density at radius 2 is 1.75 bits per heavy atom. The van der Waals surface area contributed by atoms with Crippen LogP contribution >= 0.6 is 0 Å². The maximum atomic E-state index is 11.8. The van der Waals surface area contributed by atoms with Gasteiger partial charge >= 0.3 is 6.18 Å². The molecule has 16 heavy (non-hydrogen) atoms. The lowest BCUT2D eigenvalue weighted by molar-refractivity contribution is -0.145. The van der Waals surface area contributed by atoms with Crippen molar-refractivity contribution in [3.05, 3.63) is 0 Å². The normalized spacial score (nSPS) is 15.2. The molecule has 0 aromatic carbocycles. The summed E-state index contributed by atoms with van der Waals surface area (Å²) < 4.78 is 40.4. The highest BCUT2D eigenvalue weighted by Crippen LogP contribution is 2.19. The van der Waals surface area contributed by atoms with Crippen molar-refractivity contribution in [1.82, 2.24) is 5.32 Å². The van der Waals surface area contributed by atoms with E-state index in [-0.39, 0.29) is 18.1 Å². The van der Waals surface area contributed by atoms with Crippen molar-refractivity contribution in [2.75, 3.05) is 19.8 Å². The molecule has 0 rings (SSSR count). The maximum absolute atomic E-state index is 11.8. The maximum Gasteiger partial charge on any atom is 0.391 e. The number of alkyl halides is 3. The molecule has 0 aliphatic carbocycles. The molecule has 0 aliphatic heterocycles. The lowest BCUT2D eigenvalue weighted by atomic mass is 10.1. The van der Waals surface area contributed by atoms with Crippen LogP contribution in [0.5, 0.6) is 0 Å². The summed E-state index contributed by atoms with van der Waals surface area (Å²) in [4.78, 5) is 0. The molecule has 0 aliphatic rings. The Hall–Kier alpha value is -0.290. The first kappa shape index (κ1) is 15.7. The molecule has 0 saturated carbocycles. The summed E-state index contributed by atoms with van der Waals surface area (Å²) in [5, 5.41) is 3.28. The fourth-order valence-electron chi connectivity index (χ4n) is 1.01. The van der Waals surface area contributed by atoms with Crippen LogP contribution in [-0.2, 0) is 4.74 Å². The third-order valence-electron chi connectivity index (χ3n) is 1.91. The van der Waals surface area contributed by atoms with Gasteiger partial charge in [0.05, 0.1) is 19.6 Å². The summed E-state index contributed by atoms with van der Waals surface area (Å²) in [7, 11) is 0. The molecule has 0 saturated heterocycles. The average Bonchev–Trinajstić information content (AvgIpc) is 2.06. The Kier molecular flexibility index (Phi) is 6.33. The van der Waals surface area contributed by atoms with Gasteiger partial charge in [-0.3, -0.25) is 0 Å². The average molecular weight is 241 g/mol. The molecule has 5 heteroatoms. The Bertz CT molecular complexity index is 187. The van der Waals surface area contributed by atoms with Crippen LogP contribution in [0.3, 0.4) is 0 Å². The van der Waals surface area contributed by atoms with Crippen molar-refractivity contribution in [2.45, 2.75) is 45.8 Å². The van der Waals surface area contributed by atoms with Crippen LogP contribution in [0.2, 0.25) is 0 Å². The van der Waals surface area contributed by atoms with E-state index in [1.807, 2.05) is 27.7 Å². The molecule has 0 bridgehead atoms. The van der Waals surface area contributed by atoms with Crippen LogP contribution in [0, 0.1) is 5.92 Å². The number of hydrogen-bond acceptors (Lipinski definition) is 2. The van der Waals surface area contributed by atoms with Crippen molar-refractivity contribution in [2.24, 2.45) is 5.92 Å². The second-order valence-corrected chi connectivity index (χ2v) is 5.18. The van der Waals surface area contributed by atoms with E-state index in [0.717, 1.165) is 6.54 Å². The first-order chi connectivity index (χ1) is 7.10. The monoisotopic (exact) mass is 241 g/mol. The highest BCUT2D eigenvalue weighted by atomic mass is 19.4. The van der Waals surface area contributed by atoms with Crippen LogP contribution < -0.4 is 5.32 Å². The van der Waals surface area contributed by atoms with Crippen LogP contribution in [0.4, 0.5) is 13.2 Å². The van der Waals surface area contributed by atoms with Crippen molar-refractivity contribution >= 4 is 0 Å². The smallest absolute Gasteiger partial charge is 0.381 e. The minimum atomic E-state index is -4.12. The third-order valence-corrected chi connectivity index (χ3v) is 1.91. The van der Waals surface area contributed by atoms with E-state index in [4.69, 9.17) is 4.74 Å². The summed E-state index contributed by atoms with van der Waals surface area (Å²) in [6, 6.07) is 0. The largest absolute Gasteiger partial charge is 0.391 e. The van der Waals surface area contributed by atoms with Crippen molar-refractivity contribution in [3.8, 4) is 0 Å². The number of nitrogens with one attached hydrogen (secondary N) is 1. The number of ether oxygens (including phenoxy) is 1. The van der Waals surface area contributed by atoms with E-state index >= 15 is 0 Å². The van der Waals surface area contributed by atoms with Crippen molar-refractivity contribution in [1.29, 1.82) is 0 Å². The number of hydrogen-bond donors (Lipinski definition) is 1. The van der Waals surface area contributed by atoms with E-state index in [1.165, 1.54) is 0 Å². The molecule has 1 unspecified atom stereocenters. The molecule has 0 spiro atoms. The standard InChI is InChI=1S/C11H22F3NO/c1-9(7-15-10(2,3)4)8-16-6-5-11(12,13)14/h9,15H,5-8H2,1-4H3. The Balaban J connectivity index is 3.48. The van der Waals surface area contributed by atoms with E-state index < -0.39 is 12.6 Å². The van der Waals surface area contributed by atoms with Gasteiger partial charge in [-0.25, -0.2) is 0 Å². The van der Waals surface area contributed by atoms with Gasteiger partial charge in [0.15, 0.2) is 0 Å². The fraction of sp³-hybridized carbons (Fsp3) is 1.00. The third kappa shape index (κ3) is 11.8. The van der Waals surface area contributed by atoms with Gasteiger partial charge in [-0.05, 0) is 26.7 Å². The minimum Gasteiger partial charge on any atom is -0.381 e. The predicted octanol–water partition coefficient (Wildman–Crippen LogP) is 2.98. The summed E-state index contributed by atoms with van der Waals surface area (Å²) in [6.07, 6.45) is -4.99. The van der Waals surface area contributed by atoms with E-state index in [9.17, 15) is 13.2 Å². The molecular formula is C11H22F3NO. The minimum absolute atomic E-state index is 0.0280. The molecule has 0 heterocycles. The zero-order chi connectivity index (χ0) is 12.8. The molecule has 0 radical (unpaired) electrons. The van der Waals surface area contributed by atoms with Crippen LogP contribution in [0.25, 0.3) is 0 Å². The Labute approximate surface area is 95.5 Å². The Morgan fingerprint density at radius 3 is 2.19 bits per heavy atom. The van der Waals surface area contributed by atoms with E-state index in [1.54, 1.807) is 0 Å². The zero-order valence-electron chi connectivity index (χ0n) is 10.4. The first-order valence-corrected chi connectivity index (χ1v) is 5.50. The molecule has 1 N–H and O–H groups in total. The lowest BCUT2D eigenvalue weighted by Gasteiger charge is -2.23. The van der Waals surface area contributed by atoms with Crippen LogP contribution in [0.15, 0.2) is 0 Å². The number of rotatable bonds is 6. The molecule has 0 fully saturated rings. The highest BCUT2D eigenvalue weighted by molar-refractivity contribution is 4.71. The quantitative estimate of drug-likeness (QED) is 0.722. The van der Waals surface area contributed by atoms with Gasteiger partial charge in [0.1, 0.15) is 0 Å². The molecule has 2 nitrogen and oxygen atoms in total. The van der Waals surface area contributed by atoms with Gasteiger partial charge in [-0.15, -0.1) is 0 Å². The van der Waals surface area contributed by atoms with Crippen molar-refractivity contribution < 1.29 is 17.9 Å². The molecule has 1 atom stereocenters. The molecule has 0 aromatic rings. The second-order valence-electron chi connectivity index (χ2n) is 5.18. The van der Waals surface area contributed by atoms with Crippen molar-refractivity contribution in [3.63, 3.8) is 0 Å². The topological polar surface area (TPSA) is 21.3 Å². The zero-order valence-corrected chi connectivity index (χ0v) is 10.4. The van der Waals surface area contributed by atoms with Crippen LogP contribution in [-0.4, -0.2) is 31.5 Å². The van der Waals surface area contributed by atoms with Gasteiger partial charge in [0, 0.05) is 12.1 Å². The second kappa shape index (κ2) is 6.45. The first-order valence-electron chi connectivity index (χ1n) is 5.50. The van der Waals surface area contributed by atoms with Crippen LogP contribution in [0.1, 0.15) is 34.1 Å². The van der Waals surface area contributed by atoms with Gasteiger partial charge in [0.25, 0.3) is 0 Å². The predicted molar refractivity (Wildman–Crippen MR) is 58.4 cm³/mol. The molecule has 0 amide bonds. The lowest BCUT2D eigenvalue weighted by Crippen LogP contribution is -2.39. The van der Waals surface area contributed by atoms with Gasteiger partial charge in [-0.1, -0.05) is 6.92 Å². The molecule has 0 aromatic heterocycles. The Morgan fingerprint density at radius 1 is 1.19 bits per heavy atom. The summed E-state index contributed by atoms with van der Waals surface area (Å²) in [5.41, 5.74) is 0.0280. The summed E-state index contributed by atoms with van der Waals surface area (Å²) in [6.45, 7) is 8.95. The van der Waals surface area contributed by atoms with E-state index in [0.29, 0.717) is 6.61 Å². The van der Waals surface area contributed by atoms with Gasteiger partial charge < -0.3 is 10.1 Å². The fourth-order valence-corrected chi connectivity index (χ4v) is 1.01. The van der Waals surface area contributed by atoms with Gasteiger partial charge in [-0.2, -0.15) is 13.2 Å².